The molecule has 1 aromatic heterocycles. The van der Waals surface area contributed by atoms with Gasteiger partial charge >= 0.3 is 0 Å². The summed E-state index contributed by atoms with van der Waals surface area (Å²) in [6, 6.07) is 4.07. The second-order valence-corrected chi connectivity index (χ2v) is 4.60. The highest BCUT2D eigenvalue weighted by molar-refractivity contribution is 5.26. The fraction of sp³-hybridized carbons (Fsp3) is 0.455. The zero-order chi connectivity index (χ0) is 9.47. The molecule has 1 aliphatic heterocycles. The Kier molecular flexibility index (Phi) is 1.72. The van der Waals surface area contributed by atoms with E-state index in [1.807, 2.05) is 16.6 Å². The Labute approximate surface area is 78.3 Å². The molecule has 1 aromatic rings. The van der Waals surface area contributed by atoms with Gasteiger partial charge in [0.25, 0.3) is 0 Å². The molecule has 0 fully saturated rings. The summed E-state index contributed by atoms with van der Waals surface area (Å²) >= 11 is 0. The van der Waals surface area contributed by atoms with Crippen LogP contribution in [0.1, 0.15) is 20.8 Å². The van der Waals surface area contributed by atoms with Crippen molar-refractivity contribution in [2.24, 2.45) is 11.3 Å². The maximum absolute atomic E-state index is 4.25. The average Bonchev–Trinajstić information content (AvgIpc) is 2.45. The maximum Gasteiger partial charge on any atom is 0.234 e. The highest BCUT2D eigenvalue weighted by Crippen LogP contribution is 2.27. The molecule has 13 heavy (non-hydrogen) atoms. The minimum Gasteiger partial charge on any atom is -0.0591 e. The predicted octanol–water partition coefficient (Wildman–Crippen LogP) is 0.835. The normalized spacial score (nSPS) is 20.4. The number of hydrogen-bond donors (Lipinski definition) is 0. The van der Waals surface area contributed by atoms with Crippen molar-refractivity contribution < 1.29 is 4.36 Å². The standard InChI is InChI=1S/C11H15N2/c1-11(2,3)9-7-10-5-4-6-12-13(10)8-9/h4-9H,1-3H3/q+1. The van der Waals surface area contributed by atoms with Crippen molar-refractivity contribution in [1.29, 1.82) is 0 Å². The van der Waals surface area contributed by atoms with Gasteiger partial charge in [0.1, 0.15) is 0 Å². The van der Waals surface area contributed by atoms with Crippen LogP contribution < -0.4 is 9.71 Å². The van der Waals surface area contributed by atoms with Gasteiger partial charge in [-0.1, -0.05) is 25.1 Å². The number of nitrogens with zero attached hydrogens (tertiary/aromatic N) is 2. The highest BCUT2D eigenvalue weighted by Gasteiger charge is 2.28. The topological polar surface area (TPSA) is 18.8 Å². The van der Waals surface area contributed by atoms with E-state index in [0.717, 1.165) is 0 Å². The van der Waals surface area contributed by atoms with Crippen LogP contribution in [0.5, 0.6) is 0 Å². The molecule has 0 amide bonds. The Morgan fingerprint density at radius 1 is 1.38 bits per heavy atom. The first kappa shape index (κ1) is 8.42. The quantitative estimate of drug-likeness (QED) is 0.534. The lowest BCUT2D eigenvalue weighted by molar-refractivity contribution is -0.590. The summed E-state index contributed by atoms with van der Waals surface area (Å²) in [6.07, 6.45) is 6.27. The summed E-state index contributed by atoms with van der Waals surface area (Å²) < 4.78 is 1.95. The molecule has 68 valence electrons. The van der Waals surface area contributed by atoms with Gasteiger partial charge in [0.2, 0.25) is 5.35 Å². The van der Waals surface area contributed by atoms with E-state index in [0.29, 0.717) is 5.92 Å². The molecule has 0 radical (unpaired) electrons. The van der Waals surface area contributed by atoms with Crippen LogP contribution in [-0.4, -0.2) is 5.10 Å². The molecule has 0 bridgehead atoms. The number of fused-ring (bicyclic) bond motifs is 1. The van der Waals surface area contributed by atoms with E-state index in [-0.39, 0.29) is 5.41 Å². The summed E-state index contributed by atoms with van der Waals surface area (Å²) in [7, 11) is 0. The SMILES string of the molecule is CC(C)(C)C1C=c2cccn[n+]2=C1. The fourth-order valence-corrected chi connectivity index (χ4v) is 1.50. The summed E-state index contributed by atoms with van der Waals surface area (Å²) in [5.74, 6) is 0.488. The van der Waals surface area contributed by atoms with Crippen molar-refractivity contribution >= 4 is 6.08 Å². The molecule has 1 atom stereocenters. The molecule has 1 unspecified atom stereocenters. The lowest BCUT2D eigenvalue weighted by Gasteiger charge is -2.19. The summed E-state index contributed by atoms with van der Waals surface area (Å²) in [6.45, 7) is 6.74. The molecule has 2 nitrogen and oxygen atoms in total. The summed E-state index contributed by atoms with van der Waals surface area (Å²) in [4.78, 5) is 0. The molecule has 0 spiro atoms. The summed E-state index contributed by atoms with van der Waals surface area (Å²) in [5, 5.41) is 5.45. The van der Waals surface area contributed by atoms with Crippen molar-refractivity contribution in [3.05, 3.63) is 29.9 Å². The third-order valence-electron chi connectivity index (χ3n) is 2.46. The van der Waals surface area contributed by atoms with Crippen LogP contribution in [0.15, 0.2) is 18.3 Å². The second-order valence-electron chi connectivity index (χ2n) is 4.60. The molecular formula is C11H15N2+. The second kappa shape index (κ2) is 2.66. The van der Waals surface area contributed by atoms with Gasteiger partial charge in [-0.05, 0) is 16.6 Å². The van der Waals surface area contributed by atoms with Crippen molar-refractivity contribution in [2.45, 2.75) is 20.8 Å². The van der Waals surface area contributed by atoms with Gasteiger partial charge < -0.3 is 0 Å². The molecule has 2 rings (SSSR count). The van der Waals surface area contributed by atoms with Crippen LogP contribution in [0.2, 0.25) is 0 Å². The van der Waals surface area contributed by atoms with E-state index in [1.54, 1.807) is 0 Å². The monoisotopic (exact) mass is 175 g/mol. The lowest BCUT2D eigenvalue weighted by atomic mass is 9.82. The largest absolute Gasteiger partial charge is 0.234 e. The van der Waals surface area contributed by atoms with Crippen LogP contribution in [-0.2, 0) is 0 Å². The van der Waals surface area contributed by atoms with Crippen LogP contribution in [0, 0.1) is 17.5 Å². The number of hydrogen-bond acceptors (Lipinski definition) is 1. The van der Waals surface area contributed by atoms with E-state index in [4.69, 9.17) is 0 Å². The molecular weight excluding hydrogens is 160 g/mol. The van der Waals surface area contributed by atoms with Gasteiger partial charge in [-0.2, -0.15) is 0 Å². The van der Waals surface area contributed by atoms with Gasteiger partial charge in [-0.25, -0.2) is 0 Å². The van der Waals surface area contributed by atoms with Gasteiger partial charge in [-0.15, -0.1) is 0 Å². The molecule has 2 heterocycles. The van der Waals surface area contributed by atoms with Gasteiger partial charge in [-0.3, -0.25) is 0 Å². The van der Waals surface area contributed by atoms with E-state index >= 15 is 0 Å². The third kappa shape index (κ3) is 1.48. The fourth-order valence-electron chi connectivity index (χ4n) is 1.50. The molecule has 0 aliphatic carbocycles. The Bertz CT molecular complexity index is 391. The lowest BCUT2D eigenvalue weighted by Crippen LogP contribution is -2.37. The van der Waals surface area contributed by atoms with Crippen molar-refractivity contribution in [3.8, 4) is 0 Å². The molecule has 0 saturated heterocycles. The van der Waals surface area contributed by atoms with E-state index in [9.17, 15) is 0 Å². The predicted molar refractivity (Wildman–Crippen MR) is 51.2 cm³/mol. The summed E-state index contributed by atoms with van der Waals surface area (Å²) in [5.41, 5.74) is 0.285. The van der Waals surface area contributed by atoms with E-state index < -0.39 is 0 Å². The van der Waals surface area contributed by atoms with E-state index in [2.05, 4.69) is 44.2 Å². The molecule has 0 N–H and O–H groups in total. The van der Waals surface area contributed by atoms with Gasteiger partial charge in [0.15, 0.2) is 6.21 Å². The molecule has 0 aromatic carbocycles. The Morgan fingerprint density at radius 2 is 2.15 bits per heavy atom. The van der Waals surface area contributed by atoms with Gasteiger partial charge in [0, 0.05) is 12.1 Å². The molecule has 2 heteroatoms. The Hall–Kier alpha value is -1.18. The van der Waals surface area contributed by atoms with Crippen LogP contribution >= 0.6 is 0 Å². The van der Waals surface area contributed by atoms with Crippen molar-refractivity contribution in [1.82, 2.24) is 5.10 Å². The maximum atomic E-state index is 4.25. The zero-order valence-corrected chi connectivity index (χ0v) is 8.36. The molecule has 1 aliphatic rings. The molecule has 0 saturated carbocycles. The average molecular weight is 175 g/mol. The number of aromatic nitrogens is 2. The Balaban J connectivity index is 2.53. The first-order chi connectivity index (χ1) is 6.07. The van der Waals surface area contributed by atoms with Crippen molar-refractivity contribution in [2.75, 3.05) is 0 Å². The first-order valence-electron chi connectivity index (χ1n) is 4.64. The van der Waals surface area contributed by atoms with Gasteiger partial charge in [0.05, 0.1) is 12.1 Å². The highest BCUT2D eigenvalue weighted by atomic mass is 15.2. The van der Waals surface area contributed by atoms with Crippen LogP contribution in [0.25, 0.3) is 6.08 Å². The van der Waals surface area contributed by atoms with E-state index in [1.165, 1.54) is 5.35 Å². The smallest absolute Gasteiger partial charge is 0.0591 e. The zero-order valence-electron chi connectivity index (χ0n) is 8.36. The first-order valence-corrected chi connectivity index (χ1v) is 4.64. The number of rotatable bonds is 0. The third-order valence-corrected chi connectivity index (χ3v) is 2.46. The van der Waals surface area contributed by atoms with Crippen LogP contribution in [0.3, 0.4) is 0 Å². The minimum absolute atomic E-state index is 0.285. The minimum atomic E-state index is 0.285. The van der Waals surface area contributed by atoms with Crippen molar-refractivity contribution in [3.63, 3.8) is 0 Å². The Morgan fingerprint density at radius 3 is 2.77 bits per heavy atom. The van der Waals surface area contributed by atoms with Crippen LogP contribution in [0.4, 0.5) is 0 Å².